The standard InChI is InChI=1S/C20H18N2O/c1-14-20-18(22(21-14)17-10-6-3-7-11-17)12-16(13-19(20)23)15-8-4-2-5-9-15/h2-11,16H,12-13H2,1H3/t16-/m0/s1. The summed E-state index contributed by atoms with van der Waals surface area (Å²) in [4.78, 5) is 12.7. The minimum Gasteiger partial charge on any atom is -0.294 e. The Kier molecular flexibility index (Phi) is 3.34. The molecule has 3 nitrogen and oxygen atoms in total. The Bertz CT molecular complexity index is 850. The van der Waals surface area contributed by atoms with E-state index in [0.717, 1.165) is 29.1 Å². The molecule has 0 aliphatic heterocycles. The molecule has 1 aliphatic carbocycles. The van der Waals surface area contributed by atoms with Crippen molar-refractivity contribution in [2.45, 2.75) is 25.7 Å². The average Bonchev–Trinajstić information content (AvgIpc) is 2.94. The molecule has 4 rings (SSSR count). The summed E-state index contributed by atoms with van der Waals surface area (Å²) in [5.74, 6) is 0.439. The van der Waals surface area contributed by atoms with E-state index in [0.29, 0.717) is 6.42 Å². The molecule has 23 heavy (non-hydrogen) atoms. The summed E-state index contributed by atoms with van der Waals surface area (Å²) in [6.45, 7) is 1.93. The van der Waals surface area contributed by atoms with Gasteiger partial charge in [0.25, 0.3) is 0 Å². The number of hydrogen-bond donors (Lipinski definition) is 0. The third kappa shape index (κ3) is 2.38. The predicted octanol–water partition coefficient (Wildman–Crippen LogP) is 4.09. The van der Waals surface area contributed by atoms with E-state index in [1.54, 1.807) is 0 Å². The normalized spacial score (nSPS) is 17.1. The summed E-state index contributed by atoms with van der Waals surface area (Å²) >= 11 is 0. The molecule has 0 amide bonds. The van der Waals surface area contributed by atoms with Gasteiger partial charge in [-0.1, -0.05) is 48.5 Å². The predicted molar refractivity (Wildman–Crippen MR) is 90.1 cm³/mol. The van der Waals surface area contributed by atoms with Crippen LogP contribution in [0.15, 0.2) is 60.7 Å². The van der Waals surface area contributed by atoms with Crippen molar-refractivity contribution in [3.8, 4) is 5.69 Å². The van der Waals surface area contributed by atoms with Crippen molar-refractivity contribution in [1.29, 1.82) is 0 Å². The van der Waals surface area contributed by atoms with Crippen molar-refractivity contribution >= 4 is 5.78 Å². The number of aromatic nitrogens is 2. The first-order valence-corrected chi connectivity index (χ1v) is 7.96. The maximum atomic E-state index is 12.7. The Morgan fingerprint density at radius 1 is 0.957 bits per heavy atom. The molecule has 0 saturated carbocycles. The highest BCUT2D eigenvalue weighted by Crippen LogP contribution is 2.35. The fraction of sp³-hybridized carbons (Fsp3) is 0.200. The maximum absolute atomic E-state index is 12.7. The molecular formula is C20H18N2O. The van der Waals surface area contributed by atoms with E-state index in [1.165, 1.54) is 5.56 Å². The monoisotopic (exact) mass is 302 g/mol. The zero-order chi connectivity index (χ0) is 15.8. The number of nitrogens with zero attached hydrogens (tertiary/aromatic N) is 2. The van der Waals surface area contributed by atoms with Crippen LogP contribution in [0.25, 0.3) is 5.69 Å². The third-order valence-corrected chi connectivity index (χ3v) is 4.58. The molecule has 0 spiro atoms. The lowest BCUT2D eigenvalue weighted by atomic mass is 9.81. The number of benzene rings is 2. The zero-order valence-corrected chi connectivity index (χ0v) is 13.1. The molecule has 0 fully saturated rings. The third-order valence-electron chi connectivity index (χ3n) is 4.58. The molecule has 1 aliphatic rings. The van der Waals surface area contributed by atoms with Gasteiger partial charge in [-0.15, -0.1) is 0 Å². The van der Waals surface area contributed by atoms with Crippen molar-refractivity contribution in [3.05, 3.63) is 83.2 Å². The van der Waals surface area contributed by atoms with E-state index in [-0.39, 0.29) is 11.7 Å². The van der Waals surface area contributed by atoms with Gasteiger partial charge in [-0.2, -0.15) is 5.10 Å². The van der Waals surface area contributed by atoms with Crippen molar-refractivity contribution in [2.24, 2.45) is 0 Å². The number of ketones is 1. The Balaban J connectivity index is 1.81. The molecule has 3 aromatic rings. The molecule has 0 radical (unpaired) electrons. The molecule has 114 valence electrons. The Morgan fingerprint density at radius 3 is 2.30 bits per heavy atom. The molecule has 0 saturated heterocycles. The smallest absolute Gasteiger partial charge is 0.167 e. The van der Waals surface area contributed by atoms with Crippen LogP contribution in [-0.2, 0) is 6.42 Å². The highest BCUT2D eigenvalue weighted by molar-refractivity contribution is 6.00. The van der Waals surface area contributed by atoms with E-state index < -0.39 is 0 Å². The molecule has 0 bridgehead atoms. The highest BCUT2D eigenvalue weighted by atomic mass is 16.1. The Labute approximate surface area is 135 Å². The highest BCUT2D eigenvalue weighted by Gasteiger charge is 2.31. The number of Topliss-reactive ketones (excluding diaryl/α,β-unsaturated/α-hetero) is 1. The van der Waals surface area contributed by atoms with Crippen LogP contribution >= 0.6 is 0 Å². The van der Waals surface area contributed by atoms with E-state index in [4.69, 9.17) is 0 Å². The maximum Gasteiger partial charge on any atom is 0.167 e. The Morgan fingerprint density at radius 2 is 1.61 bits per heavy atom. The van der Waals surface area contributed by atoms with E-state index in [9.17, 15) is 4.79 Å². The van der Waals surface area contributed by atoms with Crippen LogP contribution in [-0.4, -0.2) is 15.6 Å². The molecule has 1 aromatic heterocycles. The van der Waals surface area contributed by atoms with Gasteiger partial charge in [0.1, 0.15) is 0 Å². The van der Waals surface area contributed by atoms with Crippen LogP contribution in [0.3, 0.4) is 0 Å². The van der Waals surface area contributed by atoms with Crippen LogP contribution in [0.1, 0.15) is 39.6 Å². The van der Waals surface area contributed by atoms with Gasteiger partial charge in [-0.25, -0.2) is 4.68 Å². The molecule has 0 unspecified atom stereocenters. The molecule has 2 aromatic carbocycles. The van der Waals surface area contributed by atoms with Crippen molar-refractivity contribution in [2.75, 3.05) is 0 Å². The molecule has 1 atom stereocenters. The molecule has 1 heterocycles. The van der Waals surface area contributed by atoms with Gasteiger partial charge in [0, 0.05) is 6.42 Å². The zero-order valence-electron chi connectivity index (χ0n) is 13.1. The number of fused-ring (bicyclic) bond motifs is 1. The molecular weight excluding hydrogens is 284 g/mol. The van der Waals surface area contributed by atoms with Gasteiger partial charge in [0.15, 0.2) is 5.78 Å². The number of carbonyl (C=O) groups excluding carboxylic acids is 1. The van der Waals surface area contributed by atoms with Crippen LogP contribution in [0.4, 0.5) is 0 Å². The SMILES string of the molecule is Cc1nn(-c2ccccc2)c2c1C(=O)C[C@@H](c1ccccc1)C2. The molecule has 3 heteroatoms. The van der Waals surface area contributed by atoms with Gasteiger partial charge >= 0.3 is 0 Å². The van der Waals surface area contributed by atoms with Gasteiger partial charge in [0.2, 0.25) is 0 Å². The van der Waals surface area contributed by atoms with Gasteiger partial charge in [0.05, 0.1) is 22.6 Å². The van der Waals surface area contributed by atoms with Crippen LogP contribution < -0.4 is 0 Å². The summed E-state index contributed by atoms with van der Waals surface area (Å²) in [5.41, 5.74) is 4.93. The van der Waals surface area contributed by atoms with Gasteiger partial charge in [-0.05, 0) is 37.0 Å². The number of hydrogen-bond acceptors (Lipinski definition) is 2. The van der Waals surface area contributed by atoms with Crippen molar-refractivity contribution < 1.29 is 4.79 Å². The van der Waals surface area contributed by atoms with Crippen molar-refractivity contribution in [1.82, 2.24) is 9.78 Å². The summed E-state index contributed by atoms with van der Waals surface area (Å²) in [6, 6.07) is 20.4. The lowest BCUT2D eigenvalue weighted by molar-refractivity contribution is 0.0963. The number of rotatable bonds is 2. The summed E-state index contributed by atoms with van der Waals surface area (Å²) < 4.78 is 1.94. The molecule has 0 N–H and O–H groups in total. The first-order chi connectivity index (χ1) is 11.2. The van der Waals surface area contributed by atoms with Crippen LogP contribution in [0.2, 0.25) is 0 Å². The minimum absolute atomic E-state index is 0.208. The van der Waals surface area contributed by atoms with Crippen molar-refractivity contribution in [3.63, 3.8) is 0 Å². The fourth-order valence-corrected chi connectivity index (χ4v) is 3.50. The number of aryl methyl sites for hydroxylation is 1. The number of carbonyl (C=O) groups is 1. The quantitative estimate of drug-likeness (QED) is 0.714. The first kappa shape index (κ1) is 13.9. The average molecular weight is 302 g/mol. The summed E-state index contributed by atoms with van der Waals surface area (Å²) in [5, 5.41) is 4.64. The minimum atomic E-state index is 0.208. The second-order valence-corrected chi connectivity index (χ2v) is 6.09. The Hall–Kier alpha value is -2.68. The largest absolute Gasteiger partial charge is 0.294 e. The number of para-hydroxylation sites is 1. The van der Waals surface area contributed by atoms with E-state index in [1.807, 2.05) is 60.1 Å². The lowest BCUT2D eigenvalue weighted by Crippen LogP contribution is -2.20. The van der Waals surface area contributed by atoms with Gasteiger partial charge in [-0.3, -0.25) is 4.79 Å². The van der Waals surface area contributed by atoms with E-state index in [2.05, 4.69) is 17.2 Å². The van der Waals surface area contributed by atoms with Crippen LogP contribution in [0.5, 0.6) is 0 Å². The lowest BCUT2D eigenvalue weighted by Gasteiger charge is -2.23. The van der Waals surface area contributed by atoms with Gasteiger partial charge < -0.3 is 0 Å². The second kappa shape index (κ2) is 5.51. The summed E-state index contributed by atoms with van der Waals surface area (Å²) in [7, 11) is 0. The fourth-order valence-electron chi connectivity index (χ4n) is 3.50. The topological polar surface area (TPSA) is 34.9 Å². The summed E-state index contributed by atoms with van der Waals surface area (Å²) in [6.07, 6.45) is 1.42. The van der Waals surface area contributed by atoms with E-state index >= 15 is 0 Å². The first-order valence-electron chi connectivity index (χ1n) is 7.96. The second-order valence-electron chi connectivity index (χ2n) is 6.09. The van der Waals surface area contributed by atoms with Crippen LogP contribution in [0, 0.1) is 6.92 Å².